The van der Waals surface area contributed by atoms with Gasteiger partial charge in [0.05, 0.1) is 29.4 Å². The van der Waals surface area contributed by atoms with Gasteiger partial charge >= 0.3 is 12.2 Å². The number of likely N-dealkylation sites (tertiary alicyclic amines) is 1. The first kappa shape index (κ1) is 27.7. The van der Waals surface area contributed by atoms with Crippen molar-refractivity contribution in [2.75, 3.05) is 26.2 Å². The number of rotatable bonds is 7. The molecule has 0 aliphatic carbocycles. The number of nitrogens with one attached hydrogen (secondary N) is 1. The largest absolute Gasteiger partial charge is 0.416 e. The van der Waals surface area contributed by atoms with Gasteiger partial charge in [-0.15, -0.1) is 6.58 Å². The first-order chi connectivity index (χ1) is 17.9. The second kappa shape index (κ2) is 10.8. The van der Waals surface area contributed by atoms with Crippen molar-refractivity contribution in [2.24, 2.45) is 11.8 Å². The Bertz CT molecular complexity index is 1140. The number of alkyl halides is 3. The summed E-state index contributed by atoms with van der Waals surface area (Å²) in [5.41, 5.74) is -0.740. The minimum Gasteiger partial charge on any atom is -0.341 e. The number of piperidine rings is 1. The van der Waals surface area contributed by atoms with Crippen LogP contribution in [-0.4, -0.2) is 64.8 Å². The summed E-state index contributed by atoms with van der Waals surface area (Å²) in [6.07, 6.45) is -1.02. The van der Waals surface area contributed by atoms with Gasteiger partial charge in [-0.1, -0.05) is 45.0 Å². The fraction of sp³-hybridized carbons (Fsp3) is 0.536. The second-order valence-corrected chi connectivity index (χ2v) is 10.8. The van der Waals surface area contributed by atoms with Crippen LogP contribution in [0.25, 0.3) is 0 Å². The number of benzene rings is 1. The van der Waals surface area contributed by atoms with Crippen LogP contribution in [0.3, 0.4) is 0 Å². The van der Waals surface area contributed by atoms with Crippen molar-refractivity contribution < 1.29 is 27.6 Å². The summed E-state index contributed by atoms with van der Waals surface area (Å²) in [5.74, 6) is -0.0751. The topological polar surface area (TPSA) is 73.0 Å². The van der Waals surface area contributed by atoms with E-state index < -0.39 is 35.8 Å². The van der Waals surface area contributed by atoms with Crippen molar-refractivity contribution in [3.63, 3.8) is 0 Å². The number of amides is 4. The van der Waals surface area contributed by atoms with Crippen molar-refractivity contribution in [1.82, 2.24) is 20.0 Å². The Labute approximate surface area is 221 Å². The average molecular weight is 533 g/mol. The molecule has 1 aromatic carbocycles. The molecule has 38 heavy (non-hydrogen) atoms. The highest BCUT2D eigenvalue weighted by molar-refractivity contribution is 6.03. The van der Waals surface area contributed by atoms with Crippen molar-refractivity contribution in [1.29, 1.82) is 0 Å². The van der Waals surface area contributed by atoms with E-state index >= 15 is 0 Å². The summed E-state index contributed by atoms with van der Waals surface area (Å²) in [5, 5.41) is 2.62. The molecule has 1 aromatic rings. The molecule has 1 fully saturated rings. The highest BCUT2D eigenvalue weighted by Crippen LogP contribution is 2.42. The zero-order valence-corrected chi connectivity index (χ0v) is 22.1. The van der Waals surface area contributed by atoms with Crippen LogP contribution in [0.15, 0.2) is 48.2 Å². The molecule has 4 amide bonds. The van der Waals surface area contributed by atoms with Crippen LogP contribution in [0.1, 0.15) is 57.2 Å². The number of urea groups is 1. The minimum absolute atomic E-state index is 0.0342. The summed E-state index contributed by atoms with van der Waals surface area (Å²) in [6, 6.07) is 2.26. The maximum atomic E-state index is 14.0. The van der Waals surface area contributed by atoms with Crippen LogP contribution in [0.5, 0.6) is 0 Å². The molecular formula is C28H35F3N4O3. The number of nitrogens with zero attached hydrogens (tertiary/aromatic N) is 3. The monoisotopic (exact) mass is 532 g/mol. The molecule has 2 atom stereocenters. The Kier molecular flexibility index (Phi) is 7.90. The molecule has 3 heterocycles. The third-order valence-electron chi connectivity index (χ3n) is 7.59. The molecule has 206 valence electrons. The zero-order chi connectivity index (χ0) is 27.8. The number of hydrogen-bond donors (Lipinski definition) is 1. The molecule has 3 aliphatic rings. The lowest BCUT2D eigenvalue weighted by atomic mass is 9.91. The van der Waals surface area contributed by atoms with Crippen molar-refractivity contribution in [2.45, 2.75) is 58.3 Å². The molecule has 1 saturated heterocycles. The molecule has 0 saturated carbocycles. The van der Waals surface area contributed by atoms with Gasteiger partial charge in [0.15, 0.2) is 0 Å². The lowest BCUT2D eigenvalue weighted by molar-refractivity contribution is -0.144. The van der Waals surface area contributed by atoms with Crippen molar-refractivity contribution in [3.8, 4) is 0 Å². The summed E-state index contributed by atoms with van der Waals surface area (Å²) >= 11 is 0. The van der Waals surface area contributed by atoms with Gasteiger partial charge in [0.1, 0.15) is 6.04 Å². The van der Waals surface area contributed by atoms with E-state index in [1.54, 1.807) is 4.90 Å². The highest BCUT2D eigenvalue weighted by atomic mass is 19.4. The van der Waals surface area contributed by atoms with E-state index in [0.717, 1.165) is 18.9 Å². The Morgan fingerprint density at radius 1 is 1.18 bits per heavy atom. The minimum atomic E-state index is -4.68. The highest BCUT2D eigenvalue weighted by Gasteiger charge is 2.49. The molecule has 0 bridgehead atoms. The molecule has 0 spiro atoms. The van der Waals surface area contributed by atoms with E-state index in [4.69, 9.17) is 0 Å². The van der Waals surface area contributed by atoms with Gasteiger partial charge < -0.3 is 15.1 Å². The maximum Gasteiger partial charge on any atom is 0.416 e. The van der Waals surface area contributed by atoms with Crippen LogP contribution in [-0.2, 0) is 15.8 Å². The fourth-order valence-electron chi connectivity index (χ4n) is 5.58. The van der Waals surface area contributed by atoms with Crippen LogP contribution in [0.2, 0.25) is 0 Å². The van der Waals surface area contributed by atoms with Gasteiger partial charge in [-0.25, -0.2) is 4.79 Å². The molecule has 3 aliphatic heterocycles. The number of carbonyl (C=O) groups excluding carboxylic acids is 3. The van der Waals surface area contributed by atoms with E-state index in [9.17, 15) is 27.6 Å². The molecule has 0 unspecified atom stereocenters. The maximum absolute atomic E-state index is 14.0. The fourth-order valence-corrected chi connectivity index (χ4v) is 5.58. The molecular weight excluding hydrogens is 497 g/mol. The van der Waals surface area contributed by atoms with Gasteiger partial charge in [0.2, 0.25) is 5.91 Å². The molecule has 0 aromatic heterocycles. The predicted molar refractivity (Wildman–Crippen MR) is 137 cm³/mol. The van der Waals surface area contributed by atoms with Crippen LogP contribution in [0, 0.1) is 11.8 Å². The number of hydrogen-bond acceptors (Lipinski definition) is 3. The number of carbonyl (C=O) groups is 3. The lowest BCUT2D eigenvalue weighted by Gasteiger charge is -2.37. The first-order valence-electron chi connectivity index (χ1n) is 13.1. The summed E-state index contributed by atoms with van der Waals surface area (Å²) < 4.78 is 41.8. The van der Waals surface area contributed by atoms with Gasteiger partial charge in [0.25, 0.3) is 5.91 Å². The lowest BCUT2D eigenvalue weighted by Crippen LogP contribution is -2.52. The number of halogens is 3. The third-order valence-corrected chi connectivity index (χ3v) is 7.59. The Balaban J connectivity index is 1.75. The summed E-state index contributed by atoms with van der Waals surface area (Å²) in [7, 11) is 0. The SMILES string of the molecule is C=CCN1C(=O)N[C@@H](c2ccccc2C(F)(F)F)C2=C1CN([C@@H](CC(C)C)C(=O)N1CCC(C)CC1)C2=O. The van der Waals surface area contributed by atoms with Gasteiger partial charge in [-0.05, 0) is 42.7 Å². The third kappa shape index (κ3) is 5.31. The van der Waals surface area contributed by atoms with E-state index in [2.05, 4.69) is 18.8 Å². The van der Waals surface area contributed by atoms with E-state index in [-0.39, 0.29) is 36.1 Å². The Morgan fingerprint density at radius 2 is 1.84 bits per heavy atom. The Morgan fingerprint density at radius 3 is 2.45 bits per heavy atom. The van der Waals surface area contributed by atoms with Crippen LogP contribution in [0.4, 0.5) is 18.0 Å². The first-order valence-corrected chi connectivity index (χ1v) is 13.1. The molecule has 10 heteroatoms. The van der Waals surface area contributed by atoms with E-state index in [0.29, 0.717) is 31.1 Å². The normalized spacial score (nSPS) is 21.7. The Hall–Kier alpha value is -3.30. The van der Waals surface area contributed by atoms with Crippen LogP contribution < -0.4 is 5.32 Å². The second-order valence-electron chi connectivity index (χ2n) is 10.8. The van der Waals surface area contributed by atoms with Crippen molar-refractivity contribution in [3.05, 3.63) is 59.3 Å². The quantitative estimate of drug-likeness (QED) is 0.517. The standard InChI is InChI=1S/C28H35F3N4O3/c1-5-12-34-22-16-35(21(15-17(2)3)25(36)33-13-10-18(4)11-14-33)26(37)23(22)24(32-27(34)38)19-8-6-7-9-20(19)28(29,30)31/h5-9,17-18,21,24H,1,10-16H2,2-4H3,(H,32,38)/t21-,24-/m0/s1. The van der Waals surface area contributed by atoms with Gasteiger partial charge in [-0.2, -0.15) is 13.2 Å². The summed E-state index contributed by atoms with van der Waals surface area (Å²) in [4.78, 5) is 45.4. The van der Waals surface area contributed by atoms with Gasteiger partial charge in [-0.3, -0.25) is 14.5 Å². The molecule has 7 nitrogen and oxygen atoms in total. The average Bonchev–Trinajstić information content (AvgIpc) is 3.20. The summed E-state index contributed by atoms with van der Waals surface area (Å²) in [6.45, 7) is 11.0. The van der Waals surface area contributed by atoms with Crippen molar-refractivity contribution >= 4 is 17.8 Å². The zero-order valence-electron chi connectivity index (χ0n) is 22.1. The van der Waals surface area contributed by atoms with E-state index in [1.807, 2.05) is 13.8 Å². The molecule has 0 radical (unpaired) electrons. The smallest absolute Gasteiger partial charge is 0.341 e. The van der Waals surface area contributed by atoms with E-state index in [1.165, 1.54) is 34.1 Å². The molecule has 4 rings (SSSR count). The van der Waals surface area contributed by atoms with Crippen LogP contribution >= 0.6 is 0 Å². The predicted octanol–water partition coefficient (Wildman–Crippen LogP) is 4.73. The molecule has 1 N–H and O–H groups in total. The van der Waals surface area contributed by atoms with Gasteiger partial charge in [0, 0.05) is 19.6 Å².